The molecule has 7 aromatic carbocycles. The van der Waals surface area contributed by atoms with E-state index in [0.29, 0.717) is 0 Å². The maximum Gasteiger partial charge on any atom is 0.0547 e. The van der Waals surface area contributed by atoms with E-state index in [4.69, 9.17) is 0 Å². The molecular weight excluding hydrogens is 508 g/mol. The first-order valence-electron chi connectivity index (χ1n) is 14.4. The Morgan fingerprint density at radius 3 is 1.90 bits per heavy atom. The molecule has 2 heteroatoms. The van der Waals surface area contributed by atoms with Crippen LogP contribution in [0.3, 0.4) is 0 Å². The lowest BCUT2D eigenvalue weighted by atomic mass is 9.99. The highest BCUT2D eigenvalue weighted by Gasteiger charge is 2.20. The van der Waals surface area contributed by atoms with E-state index in [1.165, 1.54) is 43.7 Å². The molecule has 0 aliphatic heterocycles. The molecule has 0 fully saturated rings. The highest BCUT2D eigenvalue weighted by molar-refractivity contribution is 6.17. The van der Waals surface area contributed by atoms with Crippen molar-refractivity contribution in [3.05, 3.63) is 170 Å². The van der Waals surface area contributed by atoms with Crippen molar-refractivity contribution in [3.8, 4) is 16.8 Å². The topological polar surface area (TPSA) is 8.17 Å². The van der Waals surface area contributed by atoms with Gasteiger partial charge in [-0.3, -0.25) is 0 Å². The Balaban J connectivity index is 1.46. The summed E-state index contributed by atoms with van der Waals surface area (Å²) in [5.41, 5.74) is 9.41. The molecule has 42 heavy (non-hydrogen) atoms. The van der Waals surface area contributed by atoms with Gasteiger partial charge in [-0.2, -0.15) is 0 Å². The number of rotatable bonds is 5. The van der Waals surface area contributed by atoms with Gasteiger partial charge in [0.2, 0.25) is 0 Å². The number of hydrogen-bond donors (Lipinski definition) is 0. The molecular formula is C40H28N2. The van der Waals surface area contributed by atoms with Crippen LogP contribution in [0.2, 0.25) is 0 Å². The van der Waals surface area contributed by atoms with Crippen molar-refractivity contribution < 1.29 is 0 Å². The Morgan fingerprint density at radius 1 is 0.429 bits per heavy atom. The predicted molar refractivity (Wildman–Crippen MR) is 178 cm³/mol. The Labute approximate surface area is 245 Å². The zero-order chi connectivity index (χ0) is 27.9. The zero-order valence-corrected chi connectivity index (χ0v) is 23.1. The van der Waals surface area contributed by atoms with Crippen molar-refractivity contribution in [2.45, 2.75) is 0 Å². The van der Waals surface area contributed by atoms with Crippen molar-refractivity contribution in [1.82, 2.24) is 4.57 Å². The fourth-order valence-electron chi connectivity index (χ4n) is 6.32. The lowest BCUT2D eigenvalue weighted by molar-refractivity contribution is 1.18. The minimum Gasteiger partial charge on any atom is -0.310 e. The van der Waals surface area contributed by atoms with Gasteiger partial charge >= 0.3 is 0 Å². The number of para-hydroxylation sites is 2. The van der Waals surface area contributed by atoms with Crippen LogP contribution in [0.1, 0.15) is 0 Å². The number of benzene rings is 7. The van der Waals surface area contributed by atoms with Crippen molar-refractivity contribution in [2.75, 3.05) is 4.90 Å². The molecule has 1 heterocycles. The molecule has 2 nitrogen and oxygen atoms in total. The summed E-state index contributed by atoms with van der Waals surface area (Å²) in [7, 11) is 0. The van der Waals surface area contributed by atoms with Crippen molar-refractivity contribution in [1.29, 1.82) is 0 Å². The van der Waals surface area contributed by atoms with Gasteiger partial charge in [0.05, 0.1) is 16.7 Å². The number of fused-ring (bicyclic) bond motifs is 4. The summed E-state index contributed by atoms with van der Waals surface area (Å²) in [6, 6.07) is 60.9. The van der Waals surface area contributed by atoms with Crippen molar-refractivity contribution in [3.63, 3.8) is 0 Å². The van der Waals surface area contributed by atoms with Crippen LogP contribution in [0.15, 0.2) is 170 Å². The molecule has 0 saturated carbocycles. The summed E-state index contributed by atoms with van der Waals surface area (Å²) >= 11 is 0. The summed E-state index contributed by atoms with van der Waals surface area (Å²) in [5.74, 6) is 0. The van der Waals surface area contributed by atoms with E-state index in [0.717, 1.165) is 22.7 Å². The van der Waals surface area contributed by atoms with Gasteiger partial charge in [0, 0.05) is 33.2 Å². The third-order valence-corrected chi connectivity index (χ3v) is 8.15. The molecule has 1 aromatic heterocycles. The summed E-state index contributed by atoms with van der Waals surface area (Å²) in [6.07, 6.45) is 0. The average Bonchev–Trinajstić information content (AvgIpc) is 3.40. The minimum absolute atomic E-state index is 1.13. The van der Waals surface area contributed by atoms with Gasteiger partial charge in [-0.05, 0) is 71.1 Å². The Morgan fingerprint density at radius 2 is 1.10 bits per heavy atom. The molecule has 0 amide bonds. The second-order valence-electron chi connectivity index (χ2n) is 10.6. The fourth-order valence-corrected chi connectivity index (χ4v) is 6.32. The lowest BCUT2D eigenvalue weighted by Gasteiger charge is -2.27. The molecule has 8 rings (SSSR count). The molecule has 0 aliphatic carbocycles. The van der Waals surface area contributed by atoms with E-state index >= 15 is 0 Å². The first kappa shape index (κ1) is 24.2. The van der Waals surface area contributed by atoms with Crippen molar-refractivity contribution in [2.24, 2.45) is 0 Å². The first-order chi connectivity index (χ1) is 20.9. The first-order valence-corrected chi connectivity index (χ1v) is 14.4. The van der Waals surface area contributed by atoms with Crippen LogP contribution in [0.25, 0.3) is 49.4 Å². The maximum absolute atomic E-state index is 2.39. The van der Waals surface area contributed by atoms with Gasteiger partial charge < -0.3 is 9.47 Å². The highest BCUT2D eigenvalue weighted by Crippen LogP contribution is 2.43. The molecule has 0 unspecified atom stereocenters. The van der Waals surface area contributed by atoms with Crippen LogP contribution in [0.5, 0.6) is 0 Å². The van der Waals surface area contributed by atoms with Gasteiger partial charge in [-0.25, -0.2) is 0 Å². The van der Waals surface area contributed by atoms with Gasteiger partial charge in [0.1, 0.15) is 0 Å². The molecule has 0 aliphatic rings. The fraction of sp³-hybridized carbons (Fsp3) is 0. The molecule has 0 atom stereocenters. The molecule has 0 spiro atoms. The van der Waals surface area contributed by atoms with Crippen LogP contribution < -0.4 is 4.90 Å². The minimum atomic E-state index is 1.13. The maximum atomic E-state index is 2.39. The van der Waals surface area contributed by atoms with E-state index in [1.807, 2.05) is 0 Å². The Kier molecular flexibility index (Phi) is 5.82. The van der Waals surface area contributed by atoms with Crippen LogP contribution >= 0.6 is 0 Å². The highest BCUT2D eigenvalue weighted by atomic mass is 15.1. The molecule has 0 saturated heterocycles. The normalized spacial score (nSPS) is 11.3. The summed E-state index contributed by atoms with van der Waals surface area (Å²) in [4.78, 5) is 2.39. The Hall–Kier alpha value is -5.60. The van der Waals surface area contributed by atoms with E-state index in [9.17, 15) is 0 Å². The summed E-state index contributed by atoms with van der Waals surface area (Å²) < 4.78 is 2.39. The second kappa shape index (κ2) is 10.1. The standard InChI is InChI=1S/C40H28N2/c1-4-14-30(15-5-1)35-23-13-25-39-40(35)36-28-33(26-27-38(36)42(39)32-20-8-3-9-21-32)41(31-18-6-2-7-19-31)37-24-12-17-29-16-10-11-22-34(29)37/h1-28H. The van der Waals surface area contributed by atoms with E-state index in [2.05, 4.69) is 179 Å². The SMILES string of the molecule is c1ccc(-c2cccc3c2c2cc(N(c4ccccc4)c4cccc5ccccc45)ccc2n3-c2ccccc2)cc1. The third kappa shape index (κ3) is 3.96. The van der Waals surface area contributed by atoms with Gasteiger partial charge in [-0.1, -0.05) is 115 Å². The average molecular weight is 537 g/mol. The summed E-state index contributed by atoms with van der Waals surface area (Å²) in [6.45, 7) is 0. The molecule has 0 N–H and O–H groups in total. The number of hydrogen-bond acceptors (Lipinski definition) is 1. The summed E-state index contributed by atoms with van der Waals surface area (Å²) in [5, 5.41) is 4.94. The van der Waals surface area contributed by atoms with Crippen LogP contribution in [0.4, 0.5) is 17.1 Å². The molecule has 8 aromatic rings. The quantitative estimate of drug-likeness (QED) is 0.212. The number of anilines is 3. The second-order valence-corrected chi connectivity index (χ2v) is 10.6. The zero-order valence-electron chi connectivity index (χ0n) is 23.1. The number of aromatic nitrogens is 1. The lowest BCUT2D eigenvalue weighted by Crippen LogP contribution is -2.10. The predicted octanol–water partition coefficient (Wildman–Crippen LogP) is 11.1. The molecule has 0 radical (unpaired) electrons. The van der Waals surface area contributed by atoms with E-state index in [-0.39, 0.29) is 0 Å². The van der Waals surface area contributed by atoms with Gasteiger partial charge in [0.25, 0.3) is 0 Å². The van der Waals surface area contributed by atoms with Crippen LogP contribution in [-0.4, -0.2) is 4.57 Å². The largest absolute Gasteiger partial charge is 0.310 e. The van der Waals surface area contributed by atoms with Gasteiger partial charge in [-0.15, -0.1) is 0 Å². The molecule has 0 bridgehead atoms. The molecule has 198 valence electrons. The van der Waals surface area contributed by atoms with E-state index < -0.39 is 0 Å². The number of nitrogens with zero attached hydrogens (tertiary/aromatic N) is 2. The van der Waals surface area contributed by atoms with E-state index in [1.54, 1.807) is 0 Å². The smallest absolute Gasteiger partial charge is 0.0547 e. The van der Waals surface area contributed by atoms with Crippen LogP contribution in [-0.2, 0) is 0 Å². The Bertz CT molecular complexity index is 2170. The third-order valence-electron chi connectivity index (χ3n) is 8.15. The van der Waals surface area contributed by atoms with Crippen LogP contribution in [0, 0.1) is 0 Å². The van der Waals surface area contributed by atoms with Gasteiger partial charge in [0.15, 0.2) is 0 Å². The van der Waals surface area contributed by atoms with Crippen molar-refractivity contribution >= 4 is 49.6 Å². The monoisotopic (exact) mass is 536 g/mol.